The van der Waals surface area contributed by atoms with E-state index in [2.05, 4.69) is 14.2 Å². The van der Waals surface area contributed by atoms with Gasteiger partial charge in [-0.3, -0.25) is 24.0 Å². The third kappa shape index (κ3) is 24.1. The Bertz CT molecular complexity index is 547. The summed E-state index contributed by atoms with van der Waals surface area (Å²) in [4.78, 5) is 60.9. The van der Waals surface area contributed by atoms with Gasteiger partial charge in [0.25, 0.3) is 0 Å². The van der Waals surface area contributed by atoms with Crippen LogP contribution in [0, 0.1) is 0 Å². The fourth-order valence-corrected chi connectivity index (χ4v) is 1.42. The molecular weight excluding hydrogens is 423 g/mol. The van der Waals surface area contributed by atoms with Crippen LogP contribution in [0.1, 0.15) is 34.6 Å². The molecule has 0 saturated carbocycles. The smallest absolute Gasteiger partial charge is 0.550 e. The number of ether oxygens (including phenoxy) is 3. The molecule has 0 aromatic heterocycles. The molecule has 30 heavy (non-hydrogen) atoms. The van der Waals surface area contributed by atoms with Crippen molar-refractivity contribution in [3.8, 4) is 0 Å². The molecule has 0 aliphatic heterocycles. The summed E-state index contributed by atoms with van der Waals surface area (Å²) in [5.41, 5.74) is 0. The van der Waals surface area contributed by atoms with Gasteiger partial charge in [-0.25, -0.2) is 0 Å². The number of aliphatic hydroxyl groups excluding tert-OH is 3. The van der Waals surface area contributed by atoms with Gasteiger partial charge < -0.3 is 39.4 Å². The van der Waals surface area contributed by atoms with E-state index in [0.29, 0.717) is 0 Å². The summed E-state index contributed by atoms with van der Waals surface area (Å²) in [6, 6.07) is 0. The quantitative estimate of drug-likeness (QED) is 0.109. The van der Waals surface area contributed by atoms with E-state index in [4.69, 9.17) is 15.0 Å². The summed E-state index contributed by atoms with van der Waals surface area (Å²) in [6.07, 6.45) is -6.42. The maximum Gasteiger partial charge on any atom is 1.00 e. The van der Waals surface area contributed by atoms with Crippen molar-refractivity contribution in [2.45, 2.75) is 59.0 Å². The molecule has 4 atom stereocenters. The largest absolute Gasteiger partial charge is 1.00 e. The normalized spacial score (nSPS) is 12.9. The molecule has 14 heteroatoms. The van der Waals surface area contributed by atoms with Crippen LogP contribution in [-0.4, -0.2) is 82.5 Å². The number of hydrogen-bond donors (Lipinski definition) is 3. The molecule has 0 aliphatic rings. The molecule has 0 unspecified atom stereocenters. The first-order valence-electron chi connectivity index (χ1n) is 7.82. The first kappa shape index (κ1) is 35.5. The number of esters is 4. The van der Waals surface area contributed by atoms with Crippen molar-refractivity contribution in [2.75, 3.05) is 6.61 Å². The van der Waals surface area contributed by atoms with Crippen LogP contribution in [0.4, 0.5) is 0 Å². The number of carbonyl (C=O) groups excluding carboxylic acids is 6. The second-order valence-electron chi connectivity index (χ2n) is 5.10. The van der Waals surface area contributed by atoms with E-state index in [9.17, 15) is 34.2 Å². The summed E-state index contributed by atoms with van der Waals surface area (Å²) in [5, 5.41) is 36.4. The average molecular weight is 448 g/mol. The van der Waals surface area contributed by atoms with Gasteiger partial charge in [0, 0.05) is 33.7 Å². The Hall–Kier alpha value is -1.90. The Kier molecular flexibility index (Phi) is 24.1. The molecule has 0 fully saturated rings. The van der Waals surface area contributed by atoms with Gasteiger partial charge in [0.05, 0.1) is 6.61 Å². The standard InChI is InChI=1S/C10H16O8.C4H6O3.C2H4O2.Na/c1-5(13)17-8(4-12)10(18-6(2)14)9(16)7(15)3-11;1-3(5)7-4(2)6;1-2(3)4;/h4,7-11,15-16H,3H2,1-2H3;1-2H3;1H3,(H,3,4);/q;;;+1/p-1/t7-,8+,9-,10-;;;/m1.../s1. The zero-order valence-corrected chi connectivity index (χ0v) is 19.5. The maximum absolute atomic E-state index is 10.8. The van der Waals surface area contributed by atoms with Gasteiger partial charge in [0.15, 0.2) is 18.5 Å². The van der Waals surface area contributed by atoms with Gasteiger partial charge in [-0.15, -0.1) is 0 Å². The van der Waals surface area contributed by atoms with E-state index >= 15 is 0 Å². The zero-order chi connectivity index (χ0) is 23.7. The number of aliphatic hydroxyl groups is 3. The molecule has 0 heterocycles. The summed E-state index contributed by atoms with van der Waals surface area (Å²) < 4.78 is 13.1. The Morgan fingerprint density at radius 1 is 0.867 bits per heavy atom. The van der Waals surface area contributed by atoms with E-state index in [0.717, 1.165) is 20.8 Å². The molecule has 0 aliphatic carbocycles. The van der Waals surface area contributed by atoms with Crippen LogP contribution < -0.4 is 34.7 Å². The molecule has 0 radical (unpaired) electrons. The molecule has 0 aromatic carbocycles. The van der Waals surface area contributed by atoms with Crippen LogP contribution in [0.15, 0.2) is 0 Å². The third-order valence-electron chi connectivity index (χ3n) is 2.27. The second kappa shape index (κ2) is 20.4. The van der Waals surface area contributed by atoms with Crippen LogP contribution in [0.25, 0.3) is 0 Å². The van der Waals surface area contributed by atoms with Crippen LogP contribution in [-0.2, 0) is 43.0 Å². The molecule has 0 saturated heterocycles. The monoisotopic (exact) mass is 448 g/mol. The number of carbonyl (C=O) groups is 6. The van der Waals surface area contributed by atoms with Crippen molar-refractivity contribution in [3.63, 3.8) is 0 Å². The summed E-state index contributed by atoms with van der Waals surface area (Å²) in [7, 11) is 0. The minimum Gasteiger partial charge on any atom is -0.550 e. The van der Waals surface area contributed by atoms with Crippen LogP contribution in [0.2, 0.25) is 0 Å². The number of rotatable bonds is 7. The molecule has 0 bridgehead atoms. The number of aliphatic carboxylic acids is 1. The molecule has 3 N–H and O–H groups in total. The van der Waals surface area contributed by atoms with Gasteiger partial charge in [0.1, 0.15) is 12.2 Å². The molecular formula is C16H25NaO13. The maximum atomic E-state index is 10.8. The fourth-order valence-electron chi connectivity index (χ4n) is 1.42. The van der Waals surface area contributed by atoms with Crippen molar-refractivity contribution in [3.05, 3.63) is 0 Å². The molecule has 0 rings (SSSR count). The molecule has 168 valence electrons. The minimum absolute atomic E-state index is 0. The minimum atomic E-state index is -1.77. The van der Waals surface area contributed by atoms with E-state index in [-0.39, 0.29) is 35.8 Å². The number of aldehydes is 1. The summed E-state index contributed by atoms with van der Waals surface area (Å²) >= 11 is 0. The number of carboxylic acid groups (broad SMARTS) is 1. The topological polar surface area (TPSA) is 214 Å². The summed E-state index contributed by atoms with van der Waals surface area (Å²) in [5.74, 6) is -3.88. The van der Waals surface area contributed by atoms with Crippen LogP contribution in [0.3, 0.4) is 0 Å². The second-order valence-corrected chi connectivity index (χ2v) is 5.10. The van der Waals surface area contributed by atoms with Gasteiger partial charge >= 0.3 is 53.4 Å². The fraction of sp³-hybridized carbons (Fsp3) is 0.625. The van der Waals surface area contributed by atoms with Crippen molar-refractivity contribution < 1.29 is 93.0 Å². The Morgan fingerprint density at radius 2 is 1.23 bits per heavy atom. The predicted molar refractivity (Wildman–Crippen MR) is 89.4 cm³/mol. The Morgan fingerprint density at radius 3 is 1.43 bits per heavy atom. The van der Waals surface area contributed by atoms with Crippen molar-refractivity contribution in [1.29, 1.82) is 0 Å². The third-order valence-corrected chi connectivity index (χ3v) is 2.27. The van der Waals surface area contributed by atoms with Gasteiger partial charge in [0.2, 0.25) is 0 Å². The average Bonchev–Trinajstić information content (AvgIpc) is 2.54. The van der Waals surface area contributed by atoms with E-state index < -0.39 is 60.9 Å². The van der Waals surface area contributed by atoms with Crippen molar-refractivity contribution in [1.82, 2.24) is 0 Å². The number of hydrogen-bond acceptors (Lipinski definition) is 13. The van der Waals surface area contributed by atoms with Gasteiger partial charge in [-0.1, -0.05) is 0 Å². The van der Waals surface area contributed by atoms with Gasteiger partial charge in [-0.05, 0) is 6.92 Å². The first-order chi connectivity index (χ1) is 13.2. The first-order valence-corrected chi connectivity index (χ1v) is 7.82. The van der Waals surface area contributed by atoms with Crippen LogP contribution >= 0.6 is 0 Å². The van der Waals surface area contributed by atoms with E-state index in [1.54, 1.807) is 0 Å². The zero-order valence-electron chi connectivity index (χ0n) is 17.5. The van der Waals surface area contributed by atoms with Crippen molar-refractivity contribution >= 4 is 36.1 Å². The Labute approximate surface area is 194 Å². The SMILES string of the molecule is CC(=O)OC(C)=O.CC(=O)O[C@@H]([C@H](O)[C@H](O)CO)[C@H](C=O)OC(C)=O.CC(=O)[O-].[Na+]. The van der Waals surface area contributed by atoms with Crippen LogP contribution in [0.5, 0.6) is 0 Å². The molecule has 0 aromatic rings. The molecule has 13 nitrogen and oxygen atoms in total. The Balaban J connectivity index is -0.000000233. The van der Waals surface area contributed by atoms with Crippen molar-refractivity contribution in [2.24, 2.45) is 0 Å². The van der Waals surface area contributed by atoms with E-state index in [1.807, 2.05) is 0 Å². The van der Waals surface area contributed by atoms with E-state index in [1.165, 1.54) is 13.8 Å². The van der Waals surface area contributed by atoms with Gasteiger partial charge in [-0.2, -0.15) is 0 Å². The predicted octanol–water partition coefficient (Wildman–Crippen LogP) is -6.38. The molecule has 0 spiro atoms. The number of carboxylic acids is 1. The molecule has 0 amide bonds. The summed E-state index contributed by atoms with van der Waals surface area (Å²) in [6.45, 7) is 4.56.